The van der Waals surface area contributed by atoms with Crippen LogP contribution in [0.25, 0.3) is 5.52 Å². The van der Waals surface area contributed by atoms with Gasteiger partial charge in [-0.1, -0.05) is 22.6 Å². The molecule has 0 amide bonds. The Morgan fingerprint density at radius 3 is 2.93 bits per heavy atom. The summed E-state index contributed by atoms with van der Waals surface area (Å²) in [7, 11) is 1.98. The van der Waals surface area contributed by atoms with Crippen molar-refractivity contribution in [1.82, 2.24) is 14.4 Å². The number of rotatable bonds is 1. The van der Waals surface area contributed by atoms with Gasteiger partial charge in [0.2, 0.25) is 0 Å². The minimum Gasteiger partial charge on any atom is -0.382 e. The summed E-state index contributed by atoms with van der Waals surface area (Å²) in [4.78, 5) is 8.55. The molecule has 14 heavy (non-hydrogen) atoms. The first-order chi connectivity index (χ1) is 6.65. The van der Waals surface area contributed by atoms with Crippen LogP contribution >= 0.6 is 45.2 Å². The van der Waals surface area contributed by atoms with Gasteiger partial charge in [-0.15, -0.1) is 0 Å². The molecule has 0 radical (unpaired) electrons. The van der Waals surface area contributed by atoms with Gasteiger partial charge < -0.3 is 10.1 Å². The fourth-order valence-corrected chi connectivity index (χ4v) is 2.83. The zero-order valence-electron chi connectivity index (χ0n) is 7.46. The van der Waals surface area contributed by atoms with E-state index >= 15 is 0 Å². The molecule has 0 unspecified atom stereocenters. The Balaban J connectivity index is 2.94. The highest BCUT2D eigenvalue weighted by Gasteiger charge is 2.12. The number of fused-ring (bicyclic) bond motifs is 1. The zero-order valence-corrected chi connectivity index (χ0v) is 11.8. The van der Waals surface area contributed by atoms with Gasteiger partial charge in [0.05, 0.1) is 17.6 Å². The Kier molecular flexibility index (Phi) is 2.87. The third-order valence-electron chi connectivity index (χ3n) is 2.02. The Morgan fingerprint density at radius 2 is 2.29 bits per heavy atom. The molecule has 7 heteroatoms. The van der Waals surface area contributed by atoms with E-state index in [1.54, 1.807) is 6.20 Å². The van der Waals surface area contributed by atoms with Gasteiger partial charge in [-0.2, -0.15) is 0 Å². The van der Waals surface area contributed by atoms with E-state index in [4.69, 9.17) is 5.73 Å². The molecule has 0 saturated heterocycles. The lowest BCUT2D eigenvalue weighted by molar-refractivity contribution is 1.07. The summed E-state index contributed by atoms with van der Waals surface area (Å²) in [5.41, 5.74) is 8.83. The van der Waals surface area contributed by atoms with Crippen molar-refractivity contribution in [3.63, 3.8) is 0 Å². The standard InChI is InChI=1S/C7H7BI2N4/c8-7-13-5(10)4-6(11)12-2-3(1-9)14(4)7/h2H,1,8H2,(H2,11,12). The Labute approximate surface area is 109 Å². The van der Waals surface area contributed by atoms with Gasteiger partial charge >= 0.3 is 0 Å². The number of nitrogens with zero attached hydrogens (tertiary/aromatic N) is 3. The highest BCUT2D eigenvalue weighted by Crippen LogP contribution is 2.18. The second-order valence-corrected chi connectivity index (χ2v) is 4.69. The zero-order chi connectivity index (χ0) is 10.3. The first-order valence-corrected chi connectivity index (χ1v) is 6.59. The van der Waals surface area contributed by atoms with Gasteiger partial charge in [0.25, 0.3) is 0 Å². The minimum absolute atomic E-state index is 0.545. The highest BCUT2D eigenvalue weighted by atomic mass is 127. The average molecular weight is 412 g/mol. The SMILES string of the molecule is Bc1nc(I)c2c(N)ncc(CI)n12. The maximum Gasteiger partial charge on any atom is 0.187 e. The molecule has 0 fully saturated rings. The normalized spacial score (nSPS) is 11.0. The molecular formula is C7H7BI2N4. The molecular weight excluding hydrogens is 405 g/mol. The molecule has 4 nitrogen and oxygen atoms in total. The van der Waals surface area contributed by atoms with Crippen LogP contribution in [0.5, 0.6) is 0 Å². The van der Waals surface area contributed by atoms with Crippen molar-refractivity contribution in [3.8, 4) is 0 Å². The minimum atomic E-state index is 0.545. The third-order valence-corrected chi connectivity index (χ3v) is 3.56. The smallest absolute Gasteiger partial charge is 0.187 e. The van der Waals surface area contributed by atoms with Crippen LogP contribution in [-0.2, 0) is 4.43 Å². The molecule has 2 aromatic heterocycles. The third kappa shape index (κ3) is 1.49. The summed E-state index contributed by atoms with van der Waals surface area (Å²) in [6.07, 6.45) is 1.81. The molecule has 0 aliphatic carbocycles. The number of hydrogen-bond donors (Lipinski definition) is 1. The maximum absolute atomic E-state index is 5.81. The Hall–Kier alpha value is -0.0551. The number of hydrogen-bond acceptors (Lipinski definition) is 3. The van der Waals surface area contributed by atoms with Crippen LogP contribution in [0.3, 0.4) is 0 Å². The maximum atomic E-state index is 5.81. The van der Waals surface area contributed by atoms with Crippen molar-refractivity contribution in [2.24, 2.45) is 0 Å². The van der Waals surface area contributed by atoms with Crippen LogP contribution in [0.4, 0.5) is 5.82 Å². The van der Waals surface area contributed by atoms with Crippen molar-refractivity contribution < 1.29 is 0 Å². The summed E-state index contributed by atoms with van der Waals surface area (Å²) >= 11 is 4.49. The van der Waals surface area contributed by atoms with Crippen LogP contribution < -0.4 is 11.5 Å². The van der Waals surface area contributed by atoms with E-state index in [-0.39, 0.29) is 0 Å². The summed E-state index contributed by atoms with van der Waals surface area (Å²) in [5.74, 6) is 0.545. The number of alkyl halides is 1. The van der Waals surface area contributed by atoms with E-state index in [0.717, 1.165) is 25.1 Å². The quantitative estimate of drug-likeness (QED) is 0.412. The Morgan fingerprint density at radius 1 is 1.57 bits per heavy atom. The van der Waals surface area contributed by atoms with E-state index in [1.807, 2.05) is 7.85 Å². The second kappa shape index (κ2) is 3.84. The molecule has 0 aliphatic rings. The van der Waals surface area contributed by atoms with Crippen molar-refractivity contribution in [2.45, 2.75) is 4.43 Å². The number of nitrogen functional groups attached to an aromatic ring is 1. The fourth-order valence-electron chi connectivity index (χ4n) is 1.43. The molecule has 0 bridgehead atoms. The Bertz CT molecular complexity index is 496. The molecule has 0 saturated carbocycles. The molecule has 0 aromatic carbocycles. The highest BCUT2D eigenvalue weighted by molar-refractivity contribution is 14.1. The summed E-state index contributed by atoms with van der Waals surface area (Å²) in [5, 5.41) is 0. The molecule has 2 N–H and O–H groups in total. The van der Waals surface area contributed by atoms with Gasteiger partial charge in [0.1, 0.15) is 9.22 Å². The van der Waals surface area contributed by atoms with E-state index in [9.17, 15) is 0 Å². The average Bonchev–Trinajstić information content (AvgIpc) is 2.44. The molecule has 2 rings (SSSR count). The first-order valence-electron chi connectivity index (χ1n) is 3.99. The number of nitrogens with two attached hydrogens (primary N) is 1. The monoisotopic (exact) mass is 412 g/mol. The number of anilines is 1. The van der Waals surface area contributed by atoms with Gasteiger partial charge in [-0.05, 0) is 22.6 Å². The number of halogens is 2. The largest absolute Gasteiger partial charge is 0.382 e. The lowest BCUT2D eigenvalue weighted by Crippen LogP contribution is -2.16. The van der Waals surface area contributed by atoms with E-state index in [1.165, 1.54) is 0 Å². The molecule has 0 aliphatic heterocycles. The summed E-state index contributed by atoms with van der Waals surface area (Å²) in [6.45, 7) is 0. The molecule has 0 spiro atoms. The molecule has 72 valence electrons. The summed E-state index contributed by atoms with van der Waals surface area (Å²) in [6, 6.07) is 0. The van der Waals surface area contributed by atoms with Crippen molar-refractivity contribution in [2.75, 3.05) is 5.73 Å². The van der Waals surface area contributed by atoms with Crippen molar-refractivity contribution >= 4 is 70.1 Å². The first kappa shape index (κ1) is 10.5. The van der Waals surface area contributed by atoms with Gasteiger partial charge in [0, 0.05) is 4.43 Å². The molecule has 0 atom stereocenters. The predicted octanol–water partition coefficient (Wildman–Crippen LogP) is 0.110. The van der Waals surface area contributed by atoms with Crippen molar-refractivity contribution in [3.05, 3.63) is 15.6 Å². The lowest BCUT2D eigenvalue weighted by Gasteiger charge is -2.05. The predicted molar refractivity (Wildman–Crippen MR) is 76.0 cm³/mol. The molecule has 2 aromatic rings. The van der Waals surface area contributed by atoms with E-state index in [0.29, 0.717) is 5.82 Å². The van der Waals surface area contributed by atoms with Crippen LogP contribution in [-0.4, -0.2) is 22.2 Å². The number of imidazole rings is 1. The van der Waals surface area contributed by atoms with E-state index in [2.05, 4.69) is 59.6 Å². The topological polar surface area (TPSA) is 56.2 Å². The molecule has 2 heterocycles. The van der Waals surface area contributed by atoms with Gasteiger partial charge in [-0.25, -0.2) is 9.97 Å². The van der Waals surface area contributed by atoms with Crippen molar-refractivity contribution in [1.29, 1.82) is 0 Å². The fraction of sp³-hybridized carbons (Fsp3) is 0.143. The lowest BCUT2D eigenvalue weighted by atomic mass is 10.1. The van der Waals surface area contributed by atoms with Gasteiger partial charge in [0.15, 0.2) is 13.7 Å². The van der Waals surface area contributed by atoms with Crippen LogP contribution in [0.2, 0.25) is 0 Å². The van der Waals surface area contributed by atoms with Crippen LogP contribution in [0.1, 0.15) is 5.69 Å². The van der Waals surface area contributed by atoms with E-state index < -0.39 is 0 Å². The second-order valence-electron chi connectivity index (χ2n) is 2.90. The van der Waals surface area contributed by atoms with Gasteiger partial charge in [-0.3, -0.25) is 0 Å². The summed E-state index contributed by atoms with van der Waals surface area (Å²) < 4.78 is 3.88. The number of aromatic nitrogens is 3. The van der Waals surface area contributed by atoms with Crippen LogP contribution in [0, 0.1) is 3.70 Å². The van der Waals surface area contributed by atoms with Crippen LogP contribution in [0.15, 0.2) is 6.20 Å².